The summed E-state index contributed by atoms with van der Waals surface area (Å²) in [6.45, 7) is 1.00. The molecule has 2 N–H and O–H groups in total. The Morgan fingerprint density at radius 3 is 2.76 bits per heavy atom. The highest BCUT2D eigenvalue weighted by molar-refractivity contribution is 6.03. The van der Waals surface area contributed by atoms with E-state index in [4.69, 9.17) is 14.1 Å². The van der Waals surface area contributed by atoms with Gasteiger partial charge in [0.05, 0.1) is 37.2 Å². The lowest BCUT2D eigenvalue weighted by Gasteiger charge is -2.31. The Labute approximate surface area is 221 Å². The maximum absolute atomic E-state index is 13.3. The van der Waals surface area contributed by atoms with Gasteiger partial charge in [-0.25, -0.2) is 4.98 Å². The first-order valence-electron chi connectivity index (χ1n) is 13.1. The van der Waals surface area contributed by atoms with Gasteiger partial charge in [0, 0.05) is 25.2 Å². The summed E-state index contributed by atoms with van der Waals surface area (Å²) in [5, 5.41) is 6.11. The molecule has 3 heterocycles. The monoisotopic (exact) mass is 516 g/mol. The minimum absolute atomic E-state index is 0.158. The maximum Gasteiger partial charge on any atom is 0.251 e. The van der Waals surface area contributed by atoms with Crippen molar-refractivity contribution in [3.8, 4) is 5.75 Å². The Hall–Kier alpha value is -4.08. The maximum atomic E-state index is 13.3. The van der Waals surface area contributed by atoms with E-state index >= 15 is 0 Å². The topological polar surface area (TPSA) is 113 Å². The van der Waals surface area contributed by atoms with Crippen LogP contribution in [-0.4, -0.2) is 48.5 Å². The number of ether oxygens (including phenoxy) is 1. The van der Waals surface area contributed by atoms with Gasteiger partial charge >= 0.3 is 0 Å². The van der Waals surface area contributed by atoms with Crippen LogP contribution >= 0.6 is 0 Å². The number of hydrogen-bond donors (Lipinski definition) is 2. The van der Waals surface area contributed by atoms with E-state index in [9.17, 15) is 9.59 Å². The van der Waals surface area contributed by atoms with Crippen LogP contribution in [0.3, 0.4) is 0 Å². The van der Waals surface area contributed by atoms with Gasteiger partial charge in [-0.2, -0.15) is 4.98 Å². The van der Waals surface area contributed by atoms with Crippen LogP contribution in [0, 0.1) is 5.41 Å². The van der Waals surface area contributed by atoms with Crippen LogP contribution in [0.4, 0.5) is 23.1 Å². The third-order valence-corrected chi connectivity index (χ3v) is 7.95. The van der Waals surface area contributed by atoms with Crippen LogP contribution in [0.15, 0.2) is 47.2 Å². The molecule has 0 unspecified atom stereocenters. The molecule has 2 saturated carbocycles. The highest BCUT2D eigenvalue weighted by Gasteiger charge is 2.55. The molecule has 10 heteroatoms. The fourth-order valence-corrected chi connectivity index (χ4v) is 5.59. The van der Waals surface area contributed by atoms with Gasteiger partial charge in [-0.1, -0.05) is 12.8 Å². The van der Waals surface area contributed by atoms with Gasteiger partial charge in [-0.15, -0.1) is 0 Å². The molecule has 38 heavy (non-hydrogen) atoms. The van der Waals surface area contributed by atoms with Crippen molar-refractivity contribution in [3.63, 3.8) is 0 Å². The van der Waals surface area contributed by atoms with Crippen LogP contribution < -0.4 is 25.2 Å². The number of anilines is 4. The summed E-state index contributed by atoms with van der Waals surface area (Å²) in [6, 6.07) is 9.14. The predicted octanol–water partition coefficient (Wildman–Crippen LogP) is 4.26. The van der Waals surface area contributed by atoms with Crippen molar-refractivity contribution in [2.75, 3.05) is 35.8 Å². The molecule has 6 rings (SSSR count). The zero-order valence-corrected chi connectivity index (χ0v) is 21.7. The Balaban J connectivity index is 1.26. The van der Waals surface area contributed by atoms with Crippen molar-refractivity contribution in [1.82, 2.24) is 15.3 Å². The molecule has 0 saturated heterocycles. The number of rotatable bonds is 7. The van der Waals surface area contributed by atoms with E-state index in [1.165, 1.54) is 12.8 Å². The molecule has 1 aromatic carbocycles. The van der Waals surface area contributed by atoms with Gasteiger partial charge in [0.2, 0.25) is 11.9 Å². The zero-order valence-electron chi connectivity index (χ0n) is 21.7. The van der Waals surface area contributed by atoms with Crippen LogP contribution in [0.5, 0.6) is 5.75 Å². The second-order valence-electron chi connectivity index (χ2n) is 10.4. The summed E-state index contributed by atoms with van der Waals surface area (Å²) in [6.07, 6.45) is 9.76. The van der Waals surface area contributed by atoms with Gasteiger partial charge in [0.15, 0.2) is 5.82 Å². The molecule has 2 fully saturated rings. The van der Waals surface area contributed by atoms with Crippen molar-refractivity contribution in [2.24, 2.45) is 5.41 Å². The third-order valence-electron chi connectivity index (χ3n) is 7.95. The predicted molar refractivity (Wildman–Crippen MR) is 143 cm³/mol. The van der Waals surface area contributed by atoms with Gasteiger partial charge in [-0.3, -0.25) is 9.59 Å². The fraction of sp³-hybridized carbons (Fsp3) is 0.429. The lowest BCUT2D eigenvalue weighted by Crippen LogP contribution is -2.41. The summed E-state index contributed by atoms with van der Waals surface area (Å²) in [7, 11) is 3.38. The summed E-state index contributed by atoms with van der Waals surface area (Å²) in [5.74, 6) is 2.30. The number of amides is 2. The highest BCUT2D eigenvalue weighted by Crippen LogP contribution is 2.52. The van der Waals surface area contributed by atoms with Crippen molar-refractivity contribution in [1.29, 1.82) is 0 Å². The van der Waals surface area contributed by atoms with E-state index in [1.54, 1.807) is 54.8 Å². The van der Waals surface area contributed by atoms with E-state index in [0.717, 1.165) is 37.2 Å². The molecular weight excluding hydrogens is 484 g/mol. The smallest absolute Gasteiger partial charge is 0.251 e. The van der Waals surface area contributed by atoms with Crippen molar-refractivity contribution < 1.29 is 18.7 Å². The lowest BCUT2D eigenvalue weighted by atomic mass is 10.0. The molecule has 2 aliphatic carbocycles. The van der Waals surface area contributed by atoms with Gasteiger partial charge in [0.25, 0.3) is 5.91 Å². The van der Waals surface area contributed by atoms with E-state index in [1.807, 2.05) is 7.05 Å². The molecule has 0 atom stereocenters. The fourth-order valence-electron chi connectivity index (χ4n) is 5.59. The Bertz CT molecular complexity index is 1350. The second-order valence-corrected chi connectivity index (χ2v) is 10.4. The Kier molecular flexibility index (Phi) is 6.17. The molecule has 1 spiro atoms. The minimum Gasteiger partial charge on any atom is -0.495 e. The molecule has 198 valence electrons. The summed E-state index contributed by atoms with van der Waals surface area (Å²) < 4.78 is 10.9. The first-order chi connectivity index (χ1) is 18.5. The number of nitrogens with zero attached hydrogens (tertiary/aromatic N) is 4. The Morgan fingerprint density at radius 2 is 2.05 bits per heavy atom. The van der Waals surface area contributed by atoms with E-state index < -0.39 is 0 Å². The molecule has 2 aromatic heterocycles. The quantitative estimate of drug-likeness (QED) is 0.479. The van der Waals surface area contributed by atoms with Crippen molar-refractivity contribution in [2.45, 2.75) is 51.1 Å². The lowest BCUT2D eigenvalue weighted by molar-refractivity contribution is -0.122. The first-order valence-corrected chi connectivity index (χ1v) is 13.1. The molecule has 3 aliphatic rings. The number of fused-ring (bicyclic) bond motifs is 1. The Morgan fingerprint density at radius 1 is 1.24 bits per heavy atom. The molecule has 0 bridgehead atoms. The number of furan rings is 1. The van der Waals surface area contributed by atoms with Gasteiger partial charge in [0.1, 0.15) is 17.2 Å². The molecule has 0 radical (unpaired) electrons. The summed E-state index contributed by atoms with van der Waals surface area (Å²) >= 11 is 0. The summed E-state index contributed by atoms with van der Waals surface area (Å²) in [4.78, 5) is 39.5. The first kappa shape index (κ1) is 24.3. The highest BCUT2D eigenvalue weighted by atomic mass is 16.5. The van der Waals surface area contributed by atoms with Crippen LogP contribution in [0.1, 0.15) is 54.6 Å². The van der Waals surface area contributed by atoms with Crippen LogP contribution in [0.25, 0.3) is 0 Å². The van der Waals surface area contributed by atoms with Crippen molar-refractivity contribution >= 4 is 35.0 Å². The van der Waals surface area contributed by atoms with Gasteiger partial charge < -0.3 is 29.6 Å². The molecule has 1 aliphatic heterocycles. The van der Waals surface area contributed by atoms with Crippen molar-refractivity contribution in [3.05, 3.63) is 54.1 Å². The zero-order chi connectivity index (χ0) is 26.3. The minimum atomic E-state index is -0.303. The van der Waals surface area contributed by atoms with Crippen LogP contribution in [-0.2, 0) is 11.3 Å². The largest absolute Gasteiger partial charge is 0.495 e. The number of hydrogen-bond acceptors (Lipinski definition) is 8. The van der Waals surface area contributed by atoms with E-state index in [-0.39, 0.29) is 17.2 Å². The summed E-state index contributed by atoms with van der Waals surface area (Å²) in [5.41, 5.74) is 1.54. The second kappa shape index (κ2) is 9.66. The number of methoxy groups -OCH3 is 1. The molecule has 10 nitrogen and oxygen atoms in total. The number of nitrogens with one attached hydrogen (secondary N) is 2. The van der Waals surface area contributed by atoms with E-state index in [2.05, 4.69) is 20.5 Å². The normalized spacial score (nSPS) is 18.3. The number of carbonyl (C=O) groups is 2. The number of benzene rings is 1. The van der Waals surface area contributed by atoms with Gasteiger partial charge in [-0.05, 0) is 56.0 Å². The number of aromatic nitrogens is 2. The SMILES string of the molecule is COc1cc(C(=O)NCc2ccco2)ccc1Nc1ncc2c(n1)N(C1CCCC1)CC1(CC1)C(=O)N2C. The molecule has 2 amide bonds. The molecular formula is C28H32N6O4. The van der Waals surface area contributed by atoms with E-state index in [0.29, 0.717) is 47.8 Å². The average Bonchev–Trinajstić information content (AvgIpc) is 3.31. The number of carbonyl (C=O) groups excluding carboxylic acids is 2. The average molecular weight is 517 g/mol. The third kappa shape index (κ3) is 4.44. The standard InChI is InChI=1S/C28H32N6O4/c1-33-22-16-30-27(32-24(22)34(19-6-3-4-7-19)17-28(11-12-28)26(33)36)31-21-10-9-18(14-23(21)37-2)25(35)29-15-20-8-5-13-38-20/h5,8-10,13-14,16,19H,3-4,6-7,11-12,15,17H2,1-2H3,(H,29,35)(H,30,31,32). The molecule has 3 aromatic rings. The van der Waals surface area contributed by atoms with Crippen LogP contribution in [0.2, 0.25) is 0 Å².